The Balaban J connectivity index is 1.87. The van der Waals surface area contributed by atoms with Gasteiger partial charge in [0.2, 0.25) is 0 Å². The molecule has 124 valence electrons. The first kappa shape index (κ1) is 16.3. The third-order valence-corrected chi connectivity index (χ3v) is 4.46. The van der Waals surface area contributed by atoms with Gasteiger partial charge in [0.25, 0.3) is 0 Å². The molecular weight excluding hydrogens is 300 g/mol. The van der Waals surface area contributed by atoms with E-state index in [1.165, 1.54) is 11.1 Å². The lowest BCUT2D eigenvalue weighted by molar-refractivity contribution is -0.113. The van der Waals surface area contributed by atoms with Crippen molar-refractivity contribution < 1.29 is 14.3 Å². The van der Waals surface area contributed by atoms with Crippen molar-refractivity contribution in [3.63, 3.8) is 0 Å². The number of benzene rings is 2. The van der Waals surface area contributed by atoms with Crippen molar-refractivity contribution in [3.05, 3.63) is 64.7 Å². The Kier molecular flexibility index (Phi) is 4.70. The van der Waals surface area contributed by atoms with Gasteiger partial charge in [0.15, 0.2) is 5.78 Å². The fourth-order valence-electron chi connectivity index (χ4n) is 2.98. The van der Waals surface area contributed by atoms with Gasteiger partial charge in [0.05, 0.1) is 7.11 Å². The number of ether oxygens (including phenoxy) is 2. The highest BCUT2D eigenvalue weighted by Gasteiger charge is 2.23. The molecule has 0 radical (unpaired) electrons. The number of methoxy groups -OCH3 is 1. The molecule has 0 saturated carbocycles. The van der Waals surface area contributed by atoms with Crippen LogP contribution in [0.2, 0.25) is 0 Å². The second kappa shape index (κ2) is 6.91. The highest BCUT2D eigenvalue weighted by molar-refractivity contribution is 5.97. The molecule has 2 aromatic carbocycles. The smallest absolute Gasteiger partial charge is 0.155 e. The number of carbonyl (C=O) groups excluding carboxylic acids is 1. The molecule has 0 bridgehead atoms. The van der Waals surface area contributed by atoms with E-state index < -0.39 is 0 Å². The van der Waals surface area contributed by atoms with E-state index in [4.69, 9.17) is 9.47 Å². The number of hydrogen-bond acceptors (Lipinski definition) is 3. The van der Waals surface area contributed by atoms with Crippen LogP contribution in [-0.4, -0.2) is 19.0 Å². The molecule has 0 N–H and O–H groups in total. The van der Waals surface area contributed by atoms with Gasteiger partial charge in [0.1, 0.15) is 17.6 Å². The topological polar surface area (TPSA) is 35.5 Å². The third-order valence-electron chi connectivity index (χ3n) is 4.46. The number of Topliss-reactive ketones (excluding diaryl/α,β-unsaturated/α-hetero) is 1. The largest absolute Gasteiger partial charge is 0.497 e. The average molecular weight is 322 g/mol. The summed E-state index contributed by atoms with van der Waals surface area (Å²) in [4.78, 5) is 11.5. The number of rotatable bonds is 5. The van der Waals surface area contributed by atoms with Crippen LogP contribution in [0, 0.1) is 0 Å². The molecule has 3 heteroatoms. The number of fused-ring (bicyclic) bond motifs is 1. The summed E-state index contributed by atoms with van der Waals surface area (Å²) in [5.41, 5.74) is 4.31. The Labute approximate surface area is 142 Å². The summed E-state index contributed by atoms with van der Waals surface area (Å²) in [5.74, 6) is 1.57. The lowest BCUT2D eigenvalue weighted by Crippen LogP contribution is -2.17. The molecular formula is C21H22O3. The minimum absolute atomic E-state index is 0.0602. The average Bonchev–Trinajstić information content (AvgIpc) is 2.98. The standard InChI is InChI=1S/C21H22O3/c1-14(15(2)22)10-18-8-9-19(23-3)13-21(18)24-20-11-16-6-4-5-7-17(16)12-20/h4-10,13,20H,11-12H2,1-3H3/b14-10+. The summed E-state index contributed by atoms with van der Waals surface area (Å²) in [6.07, 6.45) is 3.79. The maximum absolute atomic E-state index is 11.5. The second-order valence-electron chi connectivity index (χ2n) is 6.20. The van der Waals surface area contributed by atoms with Crippen LogP contribution < -0.4 is 9.47 Å². The van der Waals surface area contributed by atoms with Gasteiger partial charge in [-0.1, -0.05) is 24.3 Å². The lowest BCUT2D eigenvalue weighted by Gasteiger charge is -2.16. The van der Waals surface area contributed by atoms with Crippen LogP contribution in [0.3, 0.4) is 0 Å². The highest BCUT2D eigenvalue weighted by atomic mass is 16.5. The predicted molar refractivity (Wildman–Crippen MR) is 95.6 cm³/mol. The van der Waals surface area contributed by atoms with Gasteiger partial charge in [-0.05, 0) is 48.8 Å². The minimum atomic E-state index is 0.0602. The Morgan fingerprint density at radius 1 is 1.08 bits per heavy atom. The fraction of sp³-hybridized carbons (Fsp3) is 0.286. The van der Waals surface area contributed by atoms with Crippen LogP contribution in [0.15, 0.2) is 48.0 Å². The van der Waals surface area contributed by atoms with Crippen molar-refractivity contribution in [2.45, 2.75) is 32.8 Å². The molecule has 3 nitrogen and oxygen atoms in total. The summed E-state index contributed by atoms with van der Waals surface area (Å²) in [5, 5.41) is 0. The number of hydrogen-bond donors (Lipinski definition) is 0. The van der Waals surface area contributed by atoms with Crippen LogP contribution >= 0.6 is 0 Å². The molecule has 0 unspecified atom stereocenters. The molecule has 0 atom stereocenters. The molecule has 0 heterocycles. The highest BCUT2D eigenvalue weighted by Crippen LogP contribution is 2.31. The predicted octanol–water partition coefficient (Wildman–Crippen LogP) is 4.23. The van der Waals surface area contributed by atoms with Gasteiger partial charge in [-0.15, -0.1) is 0 Å². The van der Waals surface area contributed by atoms with Gasteiger partial charge < -0.3 is 9.47 Å². The van der Waals surface area contributed by atoms with Crippen molar-refractivity contribution >= 4 is 11.9 Å². The summed E-state index contributed by atoms with van der Waals surface area (Å²) < 4.78 is 11.6. The minimum Gasteiger partial charge on any atom is -0.497 e. The van der Waals surface area contributed by atoms with Crippen LogP contribution in [-0.2, 0) is 17.6 Å². The van der Waals surface area contributed by atoms with Crippen molar-refractivity contribution in [3.8, 4) is 11.5 Å². The summed E-state index contributed by atoms with van der Waals surface area (Å²) in [7, 11) is 1.64. The fourth-order valence-corrected chi connectivity index (χ4v) is 2.98. The summed E-state index contributed by atoms with van der Waals surface area (Å²) in [6, 6.07) is 14.2. The summed E-state index contributed by atoms with van der Waals surface area (Å²) in [6.45, 7) is 3.39. The van der Waals surface area contributed by atoms with Crippen molar-refractivity contribution in [1.82, 2.24) is 0 Å². The van der Waals surface area contributed by atoms with Crippen LogP contribution in [0.4, 0.5) is 0 Å². The van der Waals surface area contributed by atoms with Crippen molar-refractivity contribution in [2.24, 2.45) is 0 Å². The molecule has 1 aliphatic carbocycles. The molecule has 2 aromatic rings. The number of ketones is 1. The van der Waals surface area contributed by atoms with Gasteiger partial charge >= 0.3 is 0 Å². The first-order valence-electron chi connectivity index (χ1n) is 8.17. The van der Waals surface area contributed by atoms with E-state index in [2.05, 4.69) is 24.3 Å². The Hall–Kier alpha value is -2.55. The van der Waals surface area contributed by atoms with E-state index in [0.717, 1.165) is 29.9 Å². The second-order valence-corrected chi connectivity index (χ2v) is 6.20. The van der Waals surface area contributed by atoms with E-state index in [0.29, 0.717) is 5.57 Å². The molecule has 1 aliphatic rings. The molecule has 0 saturated heterocycles. The molecule has 0 aliphatic heterocycles. The van der Waals surface area contributed by atoms with Crippen LogP contribution in [0.1, 0.15) is 30.5 Å². The van der Waals surface area contributed by atoms with E-state index in [-0.39, 0.29) is 11.9 Å². The van der Waals surface area contributed by atoms with Crippen molar-refractivity contribution in [1.29, 1.82) is 0 Å². The Morgan fingerprint density at radius 2 is 1.75 bits per heavy atom. The van der Waals surface area contributed by atoms with Crippen LogP contribution in [0.25, 0.3) is 6.08 Å². The SMILES string of the molecule is COc1ccc(/C=C(\C)C(C)=O)c(OC2Cc3ccccc3C2)c1. The number of carbonyl (C=O) groups is 1. The van der Waals surface area contributed by atoms with Gasteiger partial charge in [-0.3, -0.25) is 4.79 Å². The Morgan fingerprint density at radius 3 is 2.33 bits per heavy atom. The molecule has 0 amide bonds. The normalized spacial score (nSPS) is 14.4. The molecule has 3 rings (SSSR count). The maximum Gasteiger partial charge on any atom is 0.155 e. The van der Waals surface area contributed by atoms with E-state index in [1.54, 1.807) is 14.0 Å². The zero-order valence-electron chi connectivity index (χ0n) is 14.3. The quantitative estimate of drug-likeness (QED) is 0.773. The maximum atomic E-state index is 11.5. The third kappa shape index (κ3) is 3.51. The van der Waals surface area contributed by atoms with E-state index >= 15 is 0 Å². The lowest BCUT2D eigenvalue weighted by atomic mass is 10.1. The van der Waals surface area contributed by atoms with Gasteiger partial charge in [0, 0.05) is 24.5 Å². The van der Waals surface area contributed by atoms with Crippen molar-refractivity contribution in [2.75, 3.05) is 7.11 Å². The monoisotopic (exact) mass is 322 g/mol. The summed E-state index contributed by atoms with van der Waals surface area (Å²) >= 11 is 0. The van der Waals surface area contributed by atoms with E-state index in [9.17, 15) is 4.79 Å². The molecule has 24 heavy (non-hydrogen) atoms. The van der Waals surface area contributed by atoms with E-state index in [1.807, 2.05) is 31.2 Å². The zero-order valence-corrected chi connectivity index (χ0v) is 14.3. The molecule has 0 aromatic heterocycles. The Bertz CT molecular complexity index is 764. The van der Waals surface area contributed by atoms with Gasteiger partial charge in [-0.25, -0.2) is 0 Å². The first-order chi connectivity index (χ1) is 11.6. The van der Waals surface area contributed by atoms with Gasteiger partial charge in [-0.2, -0.15) is 0 Å². The zero-order chi connectivity index (χ0) is 17.1. The first-order valence-corrected chi connectivity index (χ1v) is 8.17. The molecule has 0 spiro atoms. The molecule has 0 fully saturated rings. The van der Waals surface area contributed by atoms with Crippen LogP contribution in [0.5, 0.6) is 11.5 Å². The number of allylic oxidation sites excluding steroid dienone is 1.